The van der Waals surface area contributed by atoms with Crippen molar-refractivity contribution in [3.63, 3.8) is 0 Å². The Labute approximate surface area is 170 Å². The summed E-state index contributed by atoms with van der Waals surface area (Å²) in [5.41, 5.74) is 5.49. The molecule has 9 heteroatoms. The number of amides is 1. The molecule has 1 aliphatic carbocycles. The van der Waals surface area contributed by atoms with Crippen molar-refractivity contribution in [1.29, 1.82) is 0 Å². The number of nitrogens with zero attached hydrogens (tertiary/aromatic N) is 3. The molecule has 3 N–H and O–H groups in total. The summed E-state index contributed by atoms with van der Waals surface area (Å²) in [7, 11) is 0. The van der Waals surface area contributed by atoms with Gasteiger partial charge in [0.05, 0.1) is 13.2 Å². The van der Waals surface area contributed by atoms with Crippen LogP contribution in [0.2, 0.25) is 0 Å². The van der Waals surface area contributed by atoms with Crippen LogP contribution in [0.25, 0.3) is 0 Å². The maximum absolute atomic E-state index is 13.2. The summed E-state index contributed by atoms with van der Waals surface area (Å²) >= 11 is 0. The van der Waals surface area contributed by atoms with Crippen molar-refractivity contribution < 1.29 is 9.53 Å². The van der Waals surface area contributed by atoms with Crippen LogP contribution < -0.4 is 27.2 Å². The van der Waals surface area contributed by atoms with Crippen molar-refractivity contribution in [1.82, 2.24) is 14.5 Å². The van der Waals surface area contributed by atoms with E-state index in [0.29, 0.717) is 50.9 Å². The summed E-state index contributed by atoms with van der Waals surface area (Å²) in [5, 5.41) is 3.02. The highest BCUT2D eigenvalue weighted by Gasteiger charge is 2.26. The summed E-state index contributed by atoms with van der Waals surface area (Å²) in [4.78, 5) is 40.7. The highest BCUT2D eigenvalue weighted by atomic mass is 16.5. The number of anilines is 2. The molecular weight excluding hydrogens is 374 g/mol. The van der Waals surface area contributed by atoms with Crippen LogP contribution in [0.3, 0.4) is 0 Å². The Bertz CT molecular complexity index is 840. The molecule has 2 atom stereocenters. The molecule has 0 spiro atoms. The predicted molar refractivity (Wildman–Crippen MR) is 112 cm³/mol. The molecule has 1 aliphatic heterocycles. The fourth-order valence-electron chi connectivity index (χ4n) is 4.29. The molecule has 0 radical (unpaired) electrons. The van der Waals surface area contributed by atoms with E-state index in [4.69, 9.17) is 10.5 Å². The van der Waals surface area contributed by atoms with Crippen LogP contribution in [-0.4, -0.2) is 47.4 Å². The van der Waals surface area contributed by atoms with Crippen LogP contribution in [0.1, 0.15) is 46.0 Å². The van der Waals surface area contributed by atoms with Crippen LogP contribution in [0, 0.1) is 5.92 Å². The largest absolute Gasteiger partial charge is 0.383 e. The first kappa shape index (κ1) is 21.4. The van der Waals surface area contributed by atoms with Gasteiger partial charge in [0.1, 0.15) is 18.1 Å². The maximum Gasteiger partial charge on any atom is 0.333 e. The van der Waals surface area contributed by atoms with Gasteiger partial charge in [-0.05, 0) is 25.2 Å². The number of carbonyl (C=O) groups is 1. The first-order valence-corrected chi connectivity index (χ1v) is 10.7. The van der Waals surface area contributed by atoms with Gasteiger partial charge >= 0.3 is 5.69 Å². The van der Waals surface area contributed by atoms with Gasteiger partial charge in [-0.3, -0.25) is 14.2 Å². The molecule has 1 amide bonds. The average Bonchev–Trinajstić information content (AvgIpc) is 2.71. The third kappa shape index (κ3) is 4.66. The number of hydrogen-bond acceptors (Lipinski definition) is 6. The fourth-order valence-corrected chi connectivity index (χ4v) is 4.29. The van der Waals surface area contributed by atoms with Crippen molar-refractivity contribution >= 4 is 17.4 Å². The van der Waals surface area contributed by atoms with E-state index in [2.05, 4.69) is 12.2 Å². The minimum absolute atomic E-state index is 0.0947. The third-order valence-electron chi connectivity index (χ3n) is 5.98. The first-order chi connectivity index (χ1) is 13.9. The van der Waals surface area contributed by atoms with Gasteiger partial charge in [0.25, 0.3) is 5.56 Å². The third-order valence-corrected chi connectivity index (χ3v) is 5.98. The number of ether oxygens (including phenoxy) is 1. The number of nitrogens with two attached hydrogens (primary N) is 1. The predicted octanol–water partition coefficient (Wildman–Crippen LogP) is 0.534. The molecule has 162 valence electrons. The molecule has 0 unspecified atom stereocenters. The first-order valence-electron chi connectivity index (χ1n) is 10.7. The summed E-state index contributed by atoms with van der Waals surface area (Å²) in [5.74, 6) is 0.265. The molecule has 0 aromatic carbocycles. The Morgan fingerprint density at radius 3 is 2.52 bits per heavy atom. The molecule has 2 fully saturated rings. The Kier molecular flexibility index (Phi) is 7.00. The van der Waals surface area contributed by atoms with Crippen LogP contribution in [0.5, 0.6) is 0 Å². The summed E-state index contributed by atoms with van der Waals surface area (Å²) in [6.07, 6.45) is 4.97. The Balaban J connectivity index is 1.92. The van der Waals surface area contributed by atoms with E-state index in [-0.39, 0.29) is 24.3 Å². The topological polar surface area (TPSA) is 112 Å². The maximum atomic E-state index is 13.2. The molecule has 29 heavy (non-hydrogen) atoms. The Hall–Kier alpha value is -2.29. The minimum Gasteiger partial charge on any atom is -0.383 e. The zero-order valence-electron chi connectivity index (χ0n) is 17.5. The SMILES string of the molecule is CCCn1c(N)c(N2CCOCC2)c(=O)n(CC(=O)N[C@@H]2CCCC[C@@H]2C)c1=O. The van der Waals surface area contributed by atoms with E-state index in [1.807, 2.05) is 11.8 Å². The number of morpholine rings is 1. The second-order valence-corrected chi connectivity index (χ2v) is 8.09. The van der Waals surface area contributed by atoms with Gasteiger partial charge < -0.3 is 20.7 Å². The van der Waals surface area contributed by atoms with Crippen LogP contribution in [-0.2, 0) is 22.6 Å². The zero-order chi connectivity index (χ0) is 21.0. The number of aromatic nitrogens is 2. The number of nitrogen functional groups attached to an aromatic ring is 1. The van der Waals surface area contributed by atoms with Gasteiger partial charge in [-0.25, -0.2) is 9.36 Å². The van der Waals surface area contributed by atoms with Crippen molar-refractivity contribution in [2.24, 2.45) is 5.92 Å². The fraction of sp³-hybridized carbons (Fsp3) is 0.750. The van der Waals surface area contributed by atoms with Gasteiger partial charge in [-0.2, -0.15) is 0 Å². The normalized spacial score (nSPS) is 22.5. The van der Waals surface area contributed by atoms with Crippen LogP contribution in [0.4, 0.5) is 11.5 Å². The Morgan fingerprint density at radius 1 is 1.17 bits per heavy atom. The van der Waals surface area contributed by atoms with Gasteiger partial charge in [0.2, 0.25) is 5.91 Å². The van der Waals surface area contributed by atoms with E-state index >= 15 is 0 Å². The van der Waals surface area contributed by atoms with E-state index in [1.165, 1.54) is 11.0 Å². The molecule has 3 rings (SSSR count). The molecule has 2 aliphatic rings. The lowest BCUT2D eigenvalue weighted by atomic mass is 9.86. The quantitative estimate of drug-likeness (QED) is 0.712. The average molecular weight is 408 g/mol. The van der Waals surface area contributed by atoms with Gasteiger partial charge in [-0.1, -0.05) is 26.7 Å². The highest BCUT2D eigenvalue weighted by Crippen LogP contribution is 2.23. The summed E-state index contributed by atoms with van der Waals surface area (Å²) in [6, 6.07) is 0.0947. The van der Waals surface area contributed by atoms with Gasteiger partial charge in [-0.15, -0.1) is 0 Å². The highest BCUT2D eigenvalue weighted by molar-refractivity contribution is 5.76. The Morgan fingerprint density at radius 2 is 1.86 bits per heavy atom. The van der Waals surface area contributed by atoms with Crippen molar-refractivity contribution in [2.45, 2.75) is 65.1 Å². The molecule has 2 heterocycles. The van der Waals surface area contributed by atoms with Crippen molar-refractivity contribution in [3.05, 3.63) is 20.8 Å². The monoisotopic (exact) mass is 407 g/mol. The minimum atomic E-state index is -0.529. The second kappa shape index (κ2) is 9.47. The molecule has 1 saturated heterocycles. The second-order valence-electron chi connectivity index (χ2n) is 8.09. The molecule has 9 nitrogen and oxygen atoms in total. The number of carbonyl (C=O) groups excluding carboxylic acids is 1. The van der Waals surface area contributed by atoms with E-state index in [9.17, 15) is 14.4 Å². The molecule has 0 bridgehead atoms. The zero-order valence-corrected chi connectivity index (χ0v) is 17.5. The summed E-state index contributed by atoms with van der Waals surface area (Å²) in [6.45, 7) is 6.20. The molecule has 1 aromatic rings. The lowest BCUT2D eigenvalue weighted by Crippen LogP contribution is -2.50. The van der Waals surface area contributed by atoms with Crippen molar-refractivity contribution in [2.75, 3.05) is 36.9 Å². The standard InChI is InChI=1S/C20H33N5O4/c1-3-8-24-18(21)17(23-9-11-29-12-10-23)19(27)25(20(24)28)13-16(26)22-15-7-5-4-6-14(15)2/h14-15H,3-13,21H2,1-2H3,(H,22,26)/t14-,15+/m0/s1. The number of hydrogen-bond donors (Lipinski definition) is 2. The number of rotatable bonds is 6. The van der Waals surface area contributed by atoms with Crippen LogP contribution in [0.15, 0.2) is 9.59 Å². The lowest BCUT2D eigenvalue weighted by molar-refractivity contribution is -0.123. The number of nitrogens with one attached hydrogen (secondary N) is 1. The molecule has 1 aromatic heterocycles. The lowest BCUT2D eigenvalue weighted by Gasteiger charge is -2.31. The molecular formula is C20H33N5O4. The van der Waals surface area contributed by atoms with E-state index < -0.39 is 11.2 Å². The van der Waals surface area contributed by atoms with Crippen molar-refractivity contribution in [3.8, 4) is 0 Å². The van der Waals surface area contributed by atoms with Gasteiger partial charge in [0, 0.05) is 25.7 Å². The summed E-state index contributed by atoms with van der Waals surface area (Å²) < 4.78 is 7.80. The van der Waals surface area contributed by atoms with E-state index in [0.717, 1.165) is 23.8 Å². The smallest absolute Gasteiger partial charge is 0.333 e. The van der Waals surface area contributed by atoms with E-state index in [1.54, 1.807) is 0 Å². The van der Waals surface area contributed by atoms with Gasteiger partial charge in [0.15, 0.2) is 0 Å². The molecule has 1 saturated carbocycles. The van der Waals surface area contributed by atoms with Crippen LogP contribution >= 0.6 is 0 Å².